The molecule has 0 bridgehead atoms. The molecule has 1 aliphatic carbocycles. The number of pyridine rings is 1. The molecule has 0 amide bonds. The average molecular weight is 289 g/mol. The first-order valence-corrected chi connectivity index (χ1v) is 7.99. The third-order valence-electron chi connectivity index (χ3n) is 3.44. The monoisotopic (exact) mass is 289 g/mol. The number of hydrogen-bond acceptors (Lipinski definition) is 5. The Kier molecular flexibility index (Phi) is 4.16. The predicted octanol–water partition coefficient (Wildman–Crippen LogP) is 4.30. The number of thiazole rings is 1. The number of aromatic nitrogens is 2. The highest BCUT2D eigenvalue weighted by Crippen LogP contribution is 2.26. The zero-order chi connectivity index (χ0) is 13.8. The summed E-state index contributed by atoms with van der Waals surface area (Å²) in [4.78, 5) is 8.69. The van der Waals surface area contributed by atoms with E-state index in [2.05, 4.69) is 15.3 Å². The van der Waals surface area contributed by atoms with Gasteiger partial charge in [0.1, 0.15) is 11.6 Å². The second-order valence-electron chi connectivity index (χ2n) is 5.17. The number of aryl methyl sites for hydroxylation is 1. The zero-order valence-electron chi connectivity index (χ0n) is 11.6. The van der Waals surface area contributed by atoms with E-state index in [-0.39, 0.29) is 0 Å². The van der Waals surface area contributed by atoms with Gasteiger partial charge in [-0.05, 0) is 38.7 Å². The van der Waals surface area contributed by atoms with Crippen molar-refractivity contribution in [2.45, 2.75) is 45.1 Å². The van der Waals surface area contributed by atoms with Crippen LogP contribution in [0, 0.1) is 6.92 Å². The molecule has 0 atom stereocenters. The largest absolute Gasteiger partial charge is 0.490 e. The summed E-state index contributed by atoms with van der Waals surface area (Å²) in [5.74, 6) is 1.68. The van der Waals surface area contributed by atoms with Crippen LogP contribution in [0.15, 0.2) is 23.7 Å². The van der Waals surface area contributed by atoms with E-state index in [9.17, 15) is 0 Å². The van der Waals surface area contributed by atoms with Gasteiger partial charge < -0.3 is 10.1 Å². The molecule has 0 saturated heterocycles. The third kappa shape index (κ3) is 3.48. The van der Waals surface area contributed by atoms with E-state index in [0.717, 1.165) is 35.2 Å². The minimum absolute atomic E-state index is 0.362. The molecule has 5 heteroatoms. The SMILES string of the molecule is Cc1csc(Nc2cc(OC3CCCCC3)ccn2)n1. The van der Waals surface area contributed by atoms with Gasteiger partial charge in [0.2, 0.25) is 0 Å². The van der Waals surface area contributed by atoms with Gasteiger partial charge in [0, 0.05) is 17.6 Å². The molecule has 1 aliphatic rings. The van der Waals surface area contributed by atoms with Crippen molar-refractivity contribution in [3.8, 4) is 5.75 Å². The molecule has 1 N–H and O–H groups in total. The van der Waals surface area contributed by atoms with Crippen molar-refractivity contribution in [1.29, 1.82) is 0 Å². The van der Waals surface area contributed by atoms with Crippen LogP contribution < -0.4 is 10.1 Å². The van der Waals surface area contributed by atoms with Gasteiger partial charge in [-0.3, -0.25) is 0 Å². The lowest BCUT2D eigenvalue weighted by molar-refractivity contribution is 0.155. The molecule has 20 heavy (non-hydrogen) atoms. The Labute approximate surface area is 123 Å². The molecule has 0 aromatic carbocycles. The minimum Gasteiger partial charge on any atom is -0.490 e. The van der Waals surface area contributed by atoms with Crippen LogP contribution in [0.1, 0.15) is 37.8 Å². The molecule has 106 valence electrons. The van der Waals surface area contributed by atoms with Crippen LogP contribution >= 0.6 is 11.3 Å². The van der Waals surface area contributed by atoms with Gasteiger partial charge in [-0.15, -0.1) is 11.3 Å². The van der Waals surface area contributed by atoms with Crippen molar-refractivity contribution in [3.63, 3.8) is 0 Å². The maximum absolute atomic E-state index is 6.04. The molecule has 2 aromatic heterocycles. The number of rotatable bonds is 4. The maximum atomic E-state index is 6.04. The summed E-state index contributed by atoms with van der Waals surface area (Å²) >= 11 is 1.58. The summed E-state index contributed by atoms with van der Waals surface area (Å²) in [7, 11) is 0. The Morgan fingerprint density at radius 3 is 2.90 bits per heavy atom. The smallest absolute Gasteiger partial charge is 0.188 e. The Balaban J connectivity index is 1.65. The quantitative estimate of drug-likeness (QED) is 0.911. The molecular formula is C15H19N3OS. The summed E-state index contributed by atoms with van der Waals surface area (Å²) < 4.78 is 6.04. The van der Waals surface area contributed by atoms with Crippen LogP contribution in [0.25, 0.3) is 0 Å². The number of ether oxygens (including phenoxy) is 1. The number of anilines is 2. The van der Waals surface area contributed by atoms with Crippen LogP contribution in [-0.2, 0) is 0 Å². The Hall–Kier alpha value is -1.62. The molecule has 2 aromatic rings. The Morgan fingerprint density at radius 1 is 1.30 bits per heavy atom. The number of nitrogens with zero attached hydrogens (tertiary/aromatic N) is 2. The average Bonchev–Trinajstić information content (AvgIpc) is 2.86. The first-order valence-electron chi connectivity index (χ1n) is 7.11. The van der Waals surface area contributed by atoms with Crippen LogP contribution in [0.4, 0.5) is 10.9 Å². The molecule has 1 fully saturated rings. The first-order chi connectivity index (χ1) is 9.79. The highest BCUT2D eigenvalue weighted by Gasteiger charge is 2.15. The Morgan fingerprint density at radius 2 is 2.15 bits per heavy atom. The standard InChI is InChI=1S/C15H19N3OS/c1-11-10-20-15(17-11)18-14-9-13(7-8-16-14)19-12-5-3-2-4-6-12/h7-10,12H,2-6H2,1H3,(H,16,17,18). The fourth-order valence-corrected chi connectivity index (χ4v) is 3.14. The van der Waals surface area contributed by atoms with Crippen LogP contribution in [0.3, 0.4) is 0 Å². The highest BCUT2D eigenvalue weighted by atomic mass is 32.1. The van der Waals surface area contributed by atoms with Gasteiger partial charge in [-0.1, -0.05) is 6.42 Å². The molecule has 2 heterocycles. The topological polar surface area (TPSA) is 47.0 Å². The molecule has 0 spiro atoms. The summed E-state index contributed by atoms with van der Waals surface area (Å²) in [6, 6.07) is 3.87. The zero-order valence-corrected chi connectivity index (χ0v) is 12.4. The summed E-state index contributed by atoms with van der Waals surface area (Å²) in [5.41, 5.74) is 1.02. The lowest BCUT2D eigenvalue weighted by Gasteiger charge is -2.23. The molecule has 4 nitrogen and oxygen atoms in total. The molecule has 0 aliphatic heterocycles. The second-order valence-corrected chi connectivity index (χ2v) is 6.03. The van der Waals surface area contributed by atoms with E-state index in [0.29, 0.717) is 6.10 Å². The number of nitrogens with one attached hydrogen (secondary N) is 1. The summed E-state index contributed by atoms with van der Waals surface area (Å²) in [6.45, 7) is 1.98. The van der Waals surface area contributed by atoms with Crippen molar-refractivity contribution in [2.24, 2.45) is 0 Å². The third-order valence-corrected chi connectivity index (χ3v) is 4.32. The Bertz CT molecular complexity index is 564. The molecular weight excluding hydrogens is 270 g/mol. The fourth-order valence-electron chi connectivity index (χ4n) is 2.45. The summed E-state index contributed by atoms with van der Waals surface area (Å²) in [5, 5.41) is 6.10. The van der Waals surface area contributed by atoms with Crippen molar-refractivity contribution in [3.05, 3.63) is 29.4 Å². The van der Waals surface area contributed by atoms with E-state index < -0.39 is 0 Å². The first kappa shape index (κ1) is 13.4. The van der Waals surface area contributed by atoms with Crippen molar-refractivity contribution < 1.29 is 4.74 Å². The molecule has 3 rings (SSSR count). The lowest BCUT2D eigenvalue weighted by atomic mass is 9.98. The van der Waals surface area contributed by atoms with Crippen LogP contribution in [0.2, 0.25) is 0 Å². The molecule has 0 radical (unpaired) electrons. The van der Waals surface area contributed by atoms with Gasteiger partial charge in [0.25, 0.3) is 0 Å². The van der Waals surface area contributed by atoms with Gasteiger partial charge >= 0.3 is 0 Å². The van der Waals surface area contributed by atoms with Crippen molar-refractivity contribution in [2.75, 3.05) is 5.32 Å². The van der Waals surface area contributed by atoms with Crippen molar-refractivity contribution >= 4 is 22.3 Å². The molecule has 1 saturated carbocycles. The van der Waals surface area contributed by atoms with Crippen molar-refractivity contribution in [1.82, 2.24) is 9.97 Å². The van der Waals surface area contributed by atoms with E-state index in [1.54, 1.807) is 17.5 Å². The van der Waals surface area contributed by atoms with E-state index in [4.69, 9.17) is 4.74 Å². The van der Waals surface area contributed by atoms with Gasteiger partial charge in [0.15, 0.2) is 5.13 Å². The summed E-state index contributed by atoms with van der Waals surface area (Å²) in [6.07, 6.45) is 8.36. The fraction of sp³-hybridized carbons (Fsp3) is 0.467. The van der Waals surface area contributed by atoms with Crippen LogP contribution in [0.5, 0.6) is 5.75 Å². The number of hydrogen-bond donors (Lipinski definition) is 1. The van der Waals surface area contributed by atoms with Gasteiger partial charge in [0.05, 0.1) is 11.8 Å². The van der Waals surface area contributed by atoms with E-state index in [1.807, 2.05) is 24.4 Å². The minimum atomic E-state index is 0.362. The lowest BCUT2D eigenvalue weighted by Crippen LogP contribution is -2.19. The normalized spacial score (nSPS) is 16.1. The van der Waals surface area contributed by atoms with E-state index >= 15 is 0 Å². The maximum Gasteiger partial charge on any atom is 0.188 e. The van der Waals surface area contributed by atoms with Gasteiger partial charge in [-0.25, -0.2) is 9.97 Å². The van der Waals surface area contributed by atoms with E-state index in [1.165, 1.54) is 19.3 Å². The molecule has 0 unspecified atom stereocenters. The predicted molar refractivity (Wildman–Crippen MR) is 81.9 cm³/mol. The van der Waals surface area contributed by atoms with Crippen LogP contribution in [-0.4, -0.2) is 16.1 Å². The van der Waals surface area contributed by atoms with Gasteiger partial charge in [-0.2, -0.15) is 0 Å². The highest BCUT2D eigenvalue weighted by molar-refractivity contribution is 7.13. The second kappa shape index (κ2) is 6.22.